The predicted molar refractivity (Wildman–Crippen MR) is 83.0 cm³/mol. The maximum atomic E-state index is 12.9. The summed E-state index contributed by atoms with van der Waals surface area (Å²) >= 11 is 0. The standard InChI is InChI=1S/C16H19N3O4/c1-9(20)18-10-2-5-14(21)13(6-10)16(23)19-11-3-4-12(19)8-17-15(22)7-11/h2,5-6,11-12,21H,3-4,7-8H2,1H3,(H,17,22)(H,18,20). The van der Waals surface area contributed by atoms with Crippen LogP contribution in [0.4, 0.5) is 5.69 Å². The van der Waals surface area contributed by atoms with Crippen molar-refractivity contribution >= 4 is 23.4 Å². The van der Waals surface area contributed by atoms with Gasteiger partial charge >= 0.3 is 0 Å². The minimum atomic E-state index is -0.307. The highest BCUT2D eigenvalue weighted by Crippen LogP contribution is 2.32. The number of aromatic hydroxyl groups is 1. The summed E-state index contributed by atoms with van der Waals surface area (Å²) in [5.41, 5.74) is 0.595. The van der Waals surface area contributed by atoms with E-state index < -0.39 is 0 Å². The van der Waals surface area contributed by atoms with E-state index in [1.807, 2.05) is 0 Å². The van der Waals surface area contributed by atoms with Crippen LogP contribution >= 0.6 is 0 Å². The number of carbonyl (C=O) groups is 3. The van der Waals surface area contributed by atoms with Gasteiger partial charge in [0.15, 0.2) is 0 Å². The van der Waals surface area contributed by atoms with Gasteiger partial charge in [-0.25, -0.2) is 0 Å². The van der Waals surface area contributed by atoms with Gasteiger partial charge in [-0.1, -0.05) is 0 Å². The molecule has 3 rings (SSSR count). The highest BCUT2D eigenvalue weighted by Gasteiger charge is 2.41. The Morgan fingerprint density at radius 3 is 2.78 bits per heavy atom. The monoisotopic (exact) mass is 317 g/mol. The Labute approximate surface area is 133 Å². The van der Waals surface area contributed by atoms with Gasteiger partial charge in [0.2, 0.25) is 11.8 Å². The zero-order valence-electron chi connectivity index (χ0n) is 12.8. The van der Waals surface area contributed by atoms with Gasteiger partial charge in [0.1, 0.15) is 5.75 Å². The van der Waals surface area contributed by atoms with Gasteiger partial charge in [-0.15, -0.1) is 0 Å². The number of benzene rings is 1. The van der Waals surface area contributed by atoms with Crippen molar-refractivity contribution in [2.24, 2.45) is 0 Å². The maximum Gasteiger partial charge on any atom is 0.258 e. The van der Waals surface area contributed by atoms with Crippen LogP contribution in [0, 0.1) is 0 Å². The zero-order chi connectivity index (χ0) is 16.6. The van der Waals surface area contributed by atoms with Crippen LogP contribution in [0.2, 0.25) is 0 Å². The molecule has 122 valence electrons. The third-order valence-electron chi connectivity index (χ3n) is 4.36. The van der Waals surface area contributed by atoms with E-state index in [-0.39, 0.29) is 47.5 Å². The molecule has 0 saturated carbocycles. The number of nitrogens with one attached hydrogen (secondary N) is 2. The van der Waals surface area contributed by atoms with E-state index in [2.05, 4.69) is 10.6 Å². The summed E-state index contributed by atoms with van der Waals surface area (Å²) in [5.74, 6) is -0.740. The fourth-order valence-electron chi connectivity index (χ4n) is 3.34. The van der Waals surface area contributed by atoms with Crippen molar-refractivity contribution in [3.63, 3.8) is 0 Å². The van der Waals surface area contributed by atoms with Crippen LogP contribution in [0.5, 0.6) is 5.75 Å². The molecule has 2 unspecified atom stereocenters. The number of anilines is 1. The molecule has 0 aliphatic carbocycles. The molecule has 7 nitrogen and oxygen atoms in total. The molecule has 0 aromatic heterocycles. The molecule has 0 radical (unpaired) electrons. The van der Waals surface area contributed by atoms with Crippen molar-refractivity contribution in [2.75, 3.05) is 11.9 Å². The molecule has 3 N–H and O–H groups in total. The molecule has 2 heterocycles. The van der Waals surface area contributed by atoms with Crippen LogP contribution in [0.3, 0.4) is 0 Å². The van der Waals surface area contributed by atoms with E-state index in [0.29, 0.717) is 12.2 Å². The van der Waals surface area contributed by atoms with Crippen molar-refractivity contribution in [2.45, 2.75) is 38.3 Å². The SMILES string of the molecule is CC(=O)Nc1ccc(O)c(C(=O)N2C3CCC2CC(=O)NC3)c1. The Hall–Kier alpha value is -2.57. The summed E-state index contributed by atoms with van der Waals surface area (Å²) in [6, 6.07) is 4.21. The summed E-state index contributed by atoms with van der Waals surface area (Å²) in [5, 5.41) is 15.5. The molecule has 0 spiro atoms. The van der Waals surface area contributed by atoms with Crippen LogP contribution in [0.15, 0.2) is 18.2 Å². The summed E-state index contributed by atoms with van der Waals surface area (Å²) < 4.78 is 0. The number of fused-ring (bicyclic) bond motifs is 2. The van der Waals surface area contributed by atoms with Crippen LogP contribution in [0.25, 0.3) is 0 Å². The lowest BCUT2D eigenvalue weighted by molar-refractivity contribution is -0.121. The second-order valence-electron chi connectivity index (χ2n) is 6.02. The van der Waals surface area contributed by atoms with Crippen molar-refractivity contribution < 1.29 is 19.5 Å². The molecule has 2 saturated heterocycles. The topological polar surface area (TPSA) is 98.7 Å². The third kappa shape index (κ3) is 2.99. The lowest BCUT2D eigenvalue weighted by Crippen LogP contribution is -2.42. The highest BCUT2D eigenvalue weighted by molar-refractivity contribution is 6.00. The summed E-state index contributed by atoms with van der Waals surface area (Å²) in [6.07, 6.45) is 1.91. The first-order chi connectivity index (χ1) is 11.0. The quantitative estimate of drug-likeness (QED) is 0.704. The van der Waals surface area contributed by atoms with Gasteiger partial charge in [-0.05, 0) is 31.0 Å². The van der Waals surface area contributed by atoms with E-state index in [1.165, 1.54) is 25.1 Å². The predicted octanol–water partition coefficient (Wildman–Crippen LogP) is 0.844. The Balaban J connectivity index is 1.90. The third-order valence-corrected chi connectivity index (χ3v) is 4.36. The number of phenols is 1. The van der Waals surface area contributed by atoms with Crippen LogP contribution in [-0.2, 0) is 9.59 Å². The molecule has 2 fully saturated rings. The fraction of sp³-hybridized carbons (Fsp3) is 0.438. The average molecular weight is 317 g/mol. The Bertz CT molecular complexity index is 673. The Morgan fingerprint density at radius 1 is 1.30 bits per heavy atom. The van der Waals surface area contributed by atoms with Gasteiger partial charge in [-0.3, -0.25) is 14.4 Å². The van der Waals surface area contributed by atoms with Crippen LogP contribution < -0.4 is 10.6 Å². The minimum absolute atomic E-state index is 0.0498. The van der Waals surface area contributed by atoms with E-state index in [0.717, 1.165) is 12.8 Å². The molecule has 2 aliphatic heterocycles. The number of phenolic OH excluding ortho intramolecular Hbond substituents is 1. The Kier molecular flexibility index (Phi) is 3.94. The number of hydrogen-bond donors (Lipinski definition) is 3. The first-order valence-electron chi connectivity index (χ1n) is 7.65. The first-order valence-corrected chi connectivity index (χ1v) is 7.65. The van der Waals surface area contributed by atoms with Gasteiger partial charge < -0.3 is 20.6 Å². The van der Waals surface area contributed by atoms with Gasteiger partial charge in [-0.2, -0.15) is 0 Å². The molecule has 2 aliphatic rings. The fourth-order valence-corrected chi connectivity index (χ4v) is 3.34. The lowest BCUT2D eigenvalue weighted by atomic mass is 10.1. The van der Waals surface area contributed by atoms with Crippen molar-refractivity contribution in [3.8, 4) is 5.75 Å². The van der Waals surface area contributed by atoms with Crippen LogP contribution in [0.1, 0.15) is 36.5 Å². The van der Waals surface area contributed by atoms with E-state index in [4.69, 9.17) is 0 Å². The summed E-state index contributed by atoms with van der Waals surface area (Å²) in [7, 11) is 0. The Morgan fingerprint density at radius 2 is 2.04 bits per heavy atom. The molecule has 1 aromatic rings. The van der Waals surface area contributed by atoms with Crippen molar-refractivity contribution in [3.05, 3.63) is 23.8 Å². The van der Waals surface area contributed by atoms with E-state index in [1.54, 1.807) is 4.90 Å². The number of rotatable bonds is 2. The lowest BCUT2D eigenvalue weighted by Gasteiger charge is -2.27. The van der Waals surface area contributed by atoms with Crippen LogP contribution in [-0.4, -0.2) is 46.4 Å². The van der Waals surface area contributed by atoms with E-state index >= 15 is 0 Å². The normalized spacial score (nSPS) is 23.2. The molecule has 1 aromatic carbocycles. The number of carbonyl (C=O) groups excluding carboxylic acids is 3. The summed E-state index contributed by atoms with van der Waals surface area (Å²) in [4.78, 5) is 37.4. The highest BCUT2D eigenvalue weighted by atomic mass is 16.3. The molecule has 7 heteroatoms. The van der Waals surface area contributed by atoms with Crippen molar-refractivity contribution in [1.29, 1.82) is 0 Å². The van der Waals surface area contributed by atoms with Gasteiger partial charge in [0.25, 0.3) is 5.91 Å². The zero-order valence-corrected chi connectivity index (χ0v) is 12.8. The largest absolute Gasteiger partial charge is 0.507 e. The number of nitrogens with zero attached hydrogens (tertiary/aromatic N) is 1. The van der Waals surface area contributed by atoms with E-state index in [9.17, 15) is 19.5 Å². The molecule has 23 heavy (non-hydrogen) atoms. The van der Waals surface area contributed by atoms with Crippen molar-refractivity contribution in [1.82, 2.24) is 10.2 Å². The smallest absolute Gasteiger partial charge is 0.258 e. The summed E-state index contributed by atoms with van der Waals surface area (Å²) in [6.45, 7) is 1.81. The van der Waals surface area contributed by atoms with Gasteiger partial charge in [0.05, 0.1) is 5.56 Å². The second kappa shape index (κ2) is 5.91. The average Bonchev–Trinajstić information content (AvgIpc) is 2.79. The minimum Gasteiger partial charge on any atom is -0.507 e. The number of amides is 3. The van der Waals surface area contributed by atoms with Gasteiger partial charge in [0, 0.05) is 37.7 Å². The molecular formula is C16H19N3O4. The number of hydrogen-bond acceptors (Lipinski definition) is 4. The second-order valence-corrected chi connectivity index (χ2v) is 6.02. The molecule has 3 amide bonds. The first kappa shape index (κ1) is 15.3. The molecule has 2 atom stereocenters. The molecular weight excluding hydrogens is 298 g/mol. The molecule has 2 bridgehead atoms. The maximum absolute atomic E-state index is 12.9.